The standard InChI is InChI=1S/C23H18S/c1-2-5-18-14-22-20-9-8-17-12-15-6-3-4-7-16(15)13-21(17)19(20)10-11-23(22)24-18/h3-4,6-14H,2,5H2,1H3. The van der Waals surface area contributed by atoms with E-state index in [9.17, 15) is 0 Å². The minimum atomic E-state index is 1.18. The molecule has 5 aromatic rings. The van der Waals surface area contributed by atoms with E-state index in [0.29, 0.717) is 0 Å². The Bertz CT molecular complexity index is 1210. The van der Waals surface area contributed by atoms with E-state index in [-0.39, 0.29) is 0 Å². The van der Waals surface area contributed by atoms with Crippen molar-refractivity contribution >= 4 is 53.7 Å². The molecule has 0 saturated carbocycles. The maximum atomic E-state index is 2.40. The van der Waals surface area contributed by atoms with Gasteiger partial charge in [-0.25, -0.2) is 0 Å². The smallest absolute Gasteiger partial charge is 0.0352 e. The molecule has 4 aromatic carbocycles. The molecule has 0 aliphatic heterocycles. The van der Waals surface area contributed by atoms with Gasteiger partial charge in [-0.3, -0.25) is 0 Å². The number of rotatable bonds is 2. The maximum Gasteiger partial charge on any atom is 0.0352 e. The predicted octanol–water partition coefficient (Wildman–Crippen LogP) is 7.31. The Morgan fingerprint density at radius 3 is 2.25 bits per heavy atom. The molecule has 116 valence electrons. The molecule has 0 aliphatic carbocycles. The number of hydrogen-bond donors (Lipinski definition) is 0. The molecule has 0 aliphatic rings. The van der Waals surface area contributed by atoms with Gasteiger partial charge in [-0.05, 0) is 63.0 Å². The summed E-state index contributed by atoms with van der Waals surface area (Å²) in [6.07, 6.45) is 2.39. The highest BCUT2D eigenvalue weighted by molar-refractivity contribution is 7.19. The molecule has 0 unspecified atom stereocenters. The Morgan fingerprint density at radius 1 is 0.667 bits per heavy atom. The van der Waals surface area contributed by atoms with Gasteiger partial charge in [0.15, 0.2) is 0 Å². The molecular formula is C23H18S. The lowest BCUT2D eigenvalue weighted by Crippen LogP contribution is -1.80. The maximum absolute atomic E-state index is 2.40. The summed E-state index contributed by atoms with van der Waals surface area (Å²) in [5.74, 6) is 0. The van der Waals surface area contributed by atoms with Gasteiger partial charge in [0.05, 0.1) is 0 Å². The van der Waals surface area contributed by atoms with Gasteiger partial charge in [0, 0.05) is 15.0 Å². The van der Waals surface area contributed by atoms with Crippen LogP contribution in [0.4, 0.5) is 0 Å². The lowest BCUT2D eigenvalue weighted by molar-refractivity contribution is 0.941. The molecule has 0 fully saturated rings. The van der Waals surface area contributed by atoms with E-state index in [1.165, 1.54) is 60.1 Å². The Kier molecular flexibility index (Phi) is 3.11. The van der Waals surface area contributed by atoms with E-state index in [2.05, 4.69) is 73.7 Å². The van der Waals surface area contributed by atoms with Gasteiger partial charge < -0.3 is 0 Å². The monoisotopic (exact) mass is 326 g/mol. The molecular weight excluding hydrogens is 308 g/mol. The van der Waals surface area contributed by atoms with Crippen LogP contribution in [-0.4, -0.2) is 0 Å². The van der Waals surface area contributed by atoms with Gasteiger partial charge in [-0.1, -0.05) is 55.8 Å². The van der Waals surface area contributed by atoms with Crippen LogP contribution >= 0.6 is 11.3 Å². The van der Waals surface area contributed by atoms with Crippen molar-refractivity contribution in [1.29, 1.82) is 0 Å². The molecule has 0 N–H and O–H groups in total. The van der Waals surface area contributed by atoms with E-state index in [0.717, 1.165) is 0 Å². The summed E-state index contributed by atoms with van der Waals surface area (Å²) >= 11 is 1.94. The molecule has 0 nitrogen and oxygen atoms in total. The van der Waals surface area contributed by atoms with Crippen LogP contribution in [-0.2, 0) is 6.42 Å². The van der Waals surface area contributed by atoms with Gasteiger partial charge in [0.1, 0.15) is 0 Å². The Labute approximate surface area is 145 Å². The van der Waals surface area contributed by atoms with E-state index >= 15 is 0 Å². The van der Waals surface area contributed by atoms with Crippen LogP contribution in [0.25, 0.3) is 42.4 Å². The minimum Gasteiger partial charge on any atom is -0.140 e. The van der Waals surface area contributed by atoms with Gasteiger partial charge in [-0.2, -0.15) is 0 Å². The number of benzene rings is 4. The summed E-state index contributed by atoms with van der Waals surface area (Å²) in [5.41, 5.74) is 0. The van der Waals surface area contributed by atoms with Gasteiger partial charge in [0.2, 0.25) is 0 Å². The van der Waals surface area contributed by atoms with Crippen molar-refractivity contribution in [2.45, 2.75) is 19.8 Å². The molecule has 0 radical (unpaired) electrons. The number of hydrogen-bond acceptors (Lipinski definition) is 1. The summed E-state index contributed by atoms with van der Waals surface area (Å²) in [6, 6.07) is 24.9. The third kappa shape index (κ3) is 2.05. The van der Waals surface area contributed by atoms with Crippen LogP contribution < -0.4 is 0 Å². The van der Waals surface area contributed by atoms with Crippen LogP contribution in [0.3, 0.4) is 0 Å². The fraction of sp³-hybridized carbons (Fsp3) is 0.130. The zero-order chi connectivity index (χ0) is 16.1. The van der Waals surface area contributed by atoms with Crippen LogP contribution in [0.5, 0.6) is 0 Å². The Balaban J connectivity index is 1.89. The second-order valence-electron chi connectivity index (χ2n) is 6.52. The van der Waals surface area contributed by atoms with E-state index in [4.69, 9.17) is 0 Å². The minimum absolute atomic E-state index is 1.18. The third-order valence-corrected chi connectivity index (χ3v) is 6.09. The van der Waals surface area contributed by atoms with Crippen molar-refractivity contribution in [3.63, 3.8) is 0 Å². The van der Waals surface area contributed by atoms with Crippen molar-refractivity contribution in [2.75, 3.05) is 0 Å². The normalized spacial score (nSPS) is 11.9. The van der Waals surface area contributed by atoms with Gasteiger partial charge in [0.25, 0.3) is 0 Å². The van der Waals surface area contributed by atoms with Crippen molar-refractivity contribution in [2.24, 2.45) is 0 Å². The molecule has 1 heterocycles. The van der Waals surface area contributed by atoms with Crippen molar-refractivity contribution in [3.05, 3.63) is 71.6 Å². The summed E-state index contributed by atoms with van der Waals surface area (Å²) < 4.78 is 1.41. The number of fused-ring (bicyclic) bond motifs is 6. The Morgan fingerprint density at radius 2 is 1.42 bits per heavy atom. The van der Waals surface area contributed by atoms with Crippen molar-refractivity contribution in [3.8, 4) is 0 Å². The highest BCUT2D eigenvalue weighted by Crippen LogP contribution is 2.36. The zero-order valence-electron chi connectivity index (χ0n) is 13.7. The van der Waals surface area contributed by atoms with Crippen LogP contribution in [0.15, 0.2) is 66.7 Å². The first-order valence-corrected chi connectivity index (χ1v) is 9.42. The average Bonchev–Trinajstić information content (AvgIpc) is 3.03. The quantitative estimate of drug-likeness (QED) is 0.235. The zero-order valence-corrected chi connectivity index (χ0v) is 14.5. The topological polar surface area (TPSA) is 0 Å². The van der Waals surface area contributed by atoms with Crippen molar-refractivity contribution < 1.29 is 0 Å². The van der Waals surface area contributed by atoms with Gasteiger partial charge >= 0.3 is 0 Å². The average molecular weight is 326 g/mol. The SMILES string of the molecule is CCCc1cc2c(ccc3c4cc5ccccc5cc4ccc23)s1. The first-order chi connectivity index (χ1) is 11.8. The highest BCUT2D eigenvalue weighted by atomic mass is 32.1. The largest absolute Gasteiger partial charge is 0.140 e. The number of aryl methyl sites for hydroxylation is 1. The lowest BCUT2D eigenvalue weighted by Gasteiger charge is -2.07. The van der Waals surface area contributed by atoms with Crippen LogP contribution in [0.2, 0.25) is 0 Å². The molecule has 0 amide bonds. The first-order valence-electron chi connectivity index (χ1n) is 8.60. The summed E-state index contributed by atoms with van der Waals surface area (Å²) in [5, 5.41) is 9.47. The fourth-order valence-corrected chi connectivity index (χ4v) is 4.95. The van der Waals surface area contributed by atoms with Crippen LogP contribution in [0, 0.1) is 0 Å². The molecule has 1 heteroatoms. The first kappa shape index (κ1) is 14.0. The number of thiophene rings is 1. The molecule has 0 atom stereocenters. The molecule has 0 bridgehead atoms. The molecule has 1 aromatic heterocycles. The van der Waals surface area contributed by atoms with Crippen molar-refractivity contribution in [1.82, 2.24) is 0 Å². The molecule has 0 spiro atoms. The highest BCUT2D eigenvalue weighted by Gasteiger charge is 2.08. The fourth-order valence-electron chi connectivity index (χ4n) is 3.77. The van der Waals surface area contributed by atoms with Crippen LogP contribution in [0.1, 0.15) is 18.2 Å². The summed E-state index contributed by atoms with van der Waals surface area (Å²) in [7, 11) is 0. The third-order valence-electron chi connectivity index (χ3n) is 4.93. The molecule has 24 heavy (non-hydrogen) atoms. The Hall–Kier alpha value is -2.38. The summed E-state index contributed by atoms with van der Waals surface area (Å²) in [4.78, 5) is 1.50. The lowest BCUT2D eigenvalue weighted by atomic mass is 9.97. The summed E-state index contributed by atoms with van der Waals surface area (Å²) in [6.45, 7) is 2.25. The van der Waals surface area contributed by atoms with E-state index in [1.54, 1.807) is 0 Å². The second-order valence-corrected chi connectivity index (χ2v) is 7.69. The van der Waals surface area contributed by atoms with E-state index < -0.39 is 0 Å². The molecule has 0 saturated heterocycles. The predicted molar refractivity (Wildman–Crippen MR) is 108 cm³/mol. The van der Waals surface area contributed by atoms with Gasteiger partial charge in [-0.15, -0.1) is 11.3 Å². The second kappa shape index (κ2) is 5.32. The molecule has 5 rings (SSSR count). The van der Waals surface area contributed by atoms with E-state index in [1.807, 2.05) is 11.3 Å².